The monoisotopic (exact) mass is 391 g/mol. The number of rotatable bonds is 3. The van der Waals surface area contributed by atoms with Crippen LogP contribution in [0.2, 0.25) is 5.02 Å². The van der Waals surface area contributed by atoms with Gasteiger partial charge in [-0.1, -0.05) is 24.4 Å². The summed E-state index contributed by atoms with van der Waals surface area (Å²) in [5.74, 6) is 0.261. The molecule has 1 amide bonds. The lowest BCUT2D eigenvalue weighted by molar-refractivity contribution is -0.151. The average molecular weight is 392 g/mol. The van der Waals surface area contributed by atoms with E-state index in [0.717, 1.165) is 36.6 Å². The van der Waals surface area contributed by atoms with Gasteiger partial charge in [-0.15, -0.1) is 0 Å². The zero-order valence-corrected chi connectivity index (χ0v) is 16.0. The van der Waals surface area contributed by atoms with E-state index < -0.39 is 5.63 Å². The number of hydrogen-bond donors (Lipinski definition) is 0. The maximum atomic E-state index is 12.7. The highest BCUT2D eigenvalue weighted by atomic mass is 35.5. The average Bonchev–Trinajstić information content (AvgIpc) is 2.66. The minimum Gasteiger partial charge on any atom is -0.482 e. The topological polar surface area (TPSA) is 69.0 Å². The van der Waals surface area contributed by atoms with Crippen molar-refractivity contribution in [3.05, 3.63) is 39.2 Å². The highest BCUT2D eigenvalue weighted by Crippen LogP contribution is 2.32. The molecule has 1 aromatic heterocycles. The number of hydrogen-bond acceptors (Lipinski definition) is 5. The van der Waals surface area contributed by atoms with Crippen molar-refractivity contribution in [2.45, 2.75) is 44.8 Å². The fraction of sp³-hybridized carbons (Fsp3) is 0.500. The number of morpholine rings is 1. The predicted octanol–water partition coefficient (Wildman–Crippen LogP) is 3.30. The Labute approximate surface area is 162 Å². The first-order chi connectivity index (χ1) is 13.0. The van der Waals surface area contributed by atoms with E-state index in [0.29, 0.717) is 29.5 Å². The van der Waals surface area contributed by atoms with Gasteiger partial charge >= 0.3 is 5.63 Å². The van der Waals surface area contributed by atoms with E-state index in [1.165, 1.54) is 6.07 Å². The van der Waals surface area contributed by atoms with E-state index in [2.05, 4.69) is 0 Å². The van der Waals surface area contributed by atoms with E-state index in [1.807, 2.05) is 11.8 Å². The predicted molar refractivity (Wildman–Crippen MR) is 101 cm³/mol. The molecule has 2 heterocycles. The minimum absolute atomic E-state index is 0.0722. The van der Waals surface area contributed by atoms with Crippen LogP contribution in [0, 0.1) is 6.92 Å². The van der Waals surface area contributed by atoms with Crippen LogP contribution >= 0.6 is 11.6 Å². The molecule has 4 rings (SSSR count). The first kappa shape index (κ1) is 18.3. The highest BCUT2D eigenvalue weighted by molar-refractivity contribution is 6.32. The van der Waals surface area contributed by atoms with Crippen LogP contribution in [0.15, 0.2) is 27.4 Å². The Morgan fingerprint density at radius 1 is 1.30 bits per heavy atom. The molecule has 2 atom stereocenters. The van der Waals surface area contributed by atoms with Gasteiger partial charge in [0.05, 0.1) is 23.8 Å². The van der Waals surface area contributed by atoms with Gasteiger partial charge in [-0.25, -0.2) is 4.79 Å². The quantitative estimate of drug-likeness (QED) is 0.751. The van der Waals surface area contributed by atoms with Gasteiger partial charge in [-0.2, -0.15) is 0 Å². The summed E-state index contributed by atoms with van der Waals surface area (Å²) in [6, 6.07) is 4.82. The molecule has 1 aliphatic heterocycles. The number of amides is 1. The summed E-state index contributed by atoms with van der Waals surface area (Å²) in [6.45, 7) is 2.86. The van der Waals surface area contributed by atoms with Crippen LogP contribution < -0.4 is 10.4 Å². The zero-order valence-electron chi connectivity index (χ0n) is 15.2. The molecular formula is C20H22ClNO5. The van der Waals surface area contributed by atoms with E-state index >= 15 is 0 Å². The Morgan fingerprint density at radius 3 is 2.96 bits per heavy atom. The number of nitrogens with zero attached hydrogens (tertiary/aromatic N) is 1. The van der Waals surface area contributed by atoms with Crippen molar-refractivity contribution in [3.8, 4) is 5.75 Å². The molecule has 1 aromatic carbocycles. The number of halogens is 1. The van der Waals surface area contributed by atoms with Crippen molar-refractivity contribution in [1.29, 1.82) is 0 Å². The van der Waals surface area contributed by atoms with Crippen molar-refractivity contribution in [3.63, 3.8) is 0 Å². The maximum absolute atomic E-state index is 12.7. The van der Waals surface area contributed by atoms with Crippen LogP contribution in [0.25, 0.3) is 11.0 Å². The molecule has 1 saturated heterocycles. The molecule has 1 aliphatic carbocycles. The Kier molecular flexibility index (Phi) is 5.10. The molecule has 27 heavy (non-hydrogen) atoms. The van der Waals surface area contributed by atoms with Crippen LogP contribution in [0.3, 0.4) is 0 Å². The number of carbonyl (C=O) groups is 1. The molecule has 2 aromatic rings. The lowest BCUT2D eigenvalue weighted by atomic mass is 9.90. The van der Waals surface area contributed by atoms with Gasteiger partial charge in [-0.05, 0) is 31.4 Å². The molecule has 2 unspecified atom stereocenters. The largest absolute Gasteiger partial charge is 0.482 e. The molecule has 2 aliphatic rings. The maximum Gasteiger partial charge on any atom is 0.336 e. The number of ether oxygens (including phenoxy) is 2. The summed E-state index contributed by atoms with van der Waals surface area (Å²) < 4.78 is 16.7. The number of carbonyl (C=O) groups excluding carboxylic acids is 1. The Morgan fingerprint density at radius 2 is 2.11 bits per heavy atom. The Balaban J connectivity index is 1.50. The molecule has 7 heteroatoms. The smallest absolute Gasteiger partial charge is 0.336 e. The van der Waals surface area contributed by atoms with Crippen LogP contribution in [-0.4, -0.2) is 42.7 Å². The lowest BCUT2D eigenvalue weighted by Gasteiger charge is -2.43. The van der Waals surface area contributed by atoms with Crippen LogP contribution in [0.1, 0.15) is 31.2 Å². The molecule has 6 nitrogen and oxygen atoms in total. The normalized spacial score (nSPS) is 22.5. The standard InChI is InChI=1S/C20H22ClNO5/c1-12-8-20(24)27-17-10-18(14(21)9-13(12)17)26-11-19(23)22-6-7-25-16-5-3-2-4-15(16)22/h8-10,15-16H,2-7,11H2,1H3. The second-order valence-corrected chi connectivity index (χ2v) is 7.57. The molecule has 2 fully saturated rings. The van der Waals surface area contributed by atoms with Gasteiger partial charge in [-0.3, -0.25) is 4.79 Å². The van der Waals surface area contributed by atoms with E-state index in [-0.39, 0.29) is 24.7 Å². The minimum atomic E-state index is -0.430. The van der Waals surface area contributed by atoms with Crippen molar-refractivity contribution in [2.24, 2.45) is 0 Å². The van der Waals surface area contributed by atoms with Crippen LogP contribution in [-0.2, 0) is 9.53 Å². The van der Waals surface area contributed by atoms with Gasteiger partial charge in [0.25, 0.3) is 5.91 Å². The molecule has 1 saturated carbocycles. The van der Waals surface area contributed by atoms with Gasteiger partial charge < -0.3 is 18.8 Å². The van der Waals surface area contributed by atoms with Gasteiger partial charge in [0.2, 0.25) is 0 Å². The van der Waals surface area contributed by atoms with Crippen LogP contribution in [0.4, 0.5) is 0 Å². The summed E-state index contributed by atoms with van der Waals surface area (Å²) >= 11 is 6.31. The van der Waals surface area contributed by atoms with E-state index in [4.69, 9.17) is 25.5 Å². The first-order valence-electron chi connectivity index (χ1n) is 9.31. The van der Waals surface area contributed by atoms with Crippen molar-refractivity contribution in [1.82, 2.24) is 4.90 Å². The number of benzene rings is 1. The zero-order chi connectivity index (χ0) is 19.0. The second kappa shape index (κ2) is 7.52. The molecular weight excluding hydrogens is 370 g/mol. The van der Waals surface area contributed by atoms with Gasteiger partial charge in [0.1, 0.15) is 11.3 Å². The third kappa shape index (κ3) is 3.69. The highest BCUT2D eigenvalue weighted by Gasteiger charge is 2.36. The molecule has 0 bridgehead atoms. The first-order valence-corrected chi connectivity index (χ1v) is 9.68. The molecule has 0 radical (unpaired) electrons. The lowest BCUT2D eigenvalue weighted by Crippen LogP contribution is -2.55. The fourth-order valence-electron chi connectivity index (χ4n) is 4.06. The summed E-state index contributed by atoms with van der Waals surface area (Å²) in [7, 11) is 0. The van der Waals surface area contributed by atoms with Gasteiger partial charge in [0.15, 0.2) is 6.61 Å². The van der Waals surface area contributed by atoms with E-state index in [1.54, 1.807) is 12.1 Å². The number of aryl methyl sites for hydroxylation is 1. The third-order valence-corrected chi connectivity index (χ3v) is 5.70. The van der Waals surface area contributed by atoms with Crippen LogP contribution in [0.5, 0.6) is 5.75 Å². The Hall–Kier alpha value is -2.05. The summed E-state index contributed by atoms with van der Waals surface area (Å²) in [5.41, 5.74) is 0.744. The summed E-state index contributed by atoms with van der Waals surface area (Å²) in [5, 5.41) is 1.13. The second-order valence-electron chi connectivity index (χ2n) is 7.16. The fourth-order valence-corrected chi connectivity index (χ4v) is 4.28. The third-order valence-electron chi connectivity index (χ3n) is 5.41. The molecule has 0 N–H and O–H groups in total. The van der Waals surface area contributed by atoms with Crippen molar-refractivity contribution < 1.29 is 18.7 Å². The van der Waals surface area contributed by atoms with Crippen molar-refractivity contribution >= 4 is 28.5 Å². The molecule has 144 valence electrons. The number of fused-ring (bicyclic) bond motifs is 2. The summed E-state index contributed by atoms with van der Waals surface area (Å²) in [4.78, 5) is 26.2. The van der Waals surface area contributed by atoms with Gasteiger partial charge in [0, 0.05) is 24.1 Å². The SMILES string of the molecule is Cc1cc(=O)oc2cc(OCC(=O)N3CCOC4CCCCC43)c(Cl)cc12. The molecule has 0 spiro atoms. The summed E-state index contributed by atoms with van der Waals surface area (Å²) in [6.07, 6.45) is 4.38. The van der Waals surface area contributed by atoms with E-state index in [9.17, 15) is 9.59 Å². The Bertz CT molecular complexity index is 922. The van der Waals surface area contributed by atoms with Crippen molar-refractivity contribution in [2.75, 3.05) is 19.8 Å².